The van der Waals surface area contributed by atoms with Crippen LogP contribution in [0.4, 0.5) is 0 Å². The number of halogens is 1. The molecular weight excluding hydrogens is 469 g/mol. The van der Waals surface area contributed by atoms with Crippen molar-refractivity contribution in [3.05, 3.63) is 0 Å². The molecule has 3 saturated heterocycles. The summed E-state index contributed by atoms with van der Waals surface area (Å²) >= 11 is 0. The molecule has 3 fully saturated rings. The zero-order chi connectivity index (χ0) is 19.3. The Bertz CT molecular complexity index is 545. The lowest BCUT2D eigenvalue weighted by Gasteiger charge is -2.41. The van der Waals surface area contributed by atoms with E-state index in [-0.39, 0.29) is 41.4 Å². The van der Waals surface area contributed by atoms with E-state index in [1.54, 1.807) is 0 Å². The van der Waals surface area contributed by atoms with Gasteiger partial charge in [0.25, 0.3) is 0 Å². The van der Waals surface area contributed by atoms with Gasteiger partial charge in [0.05, 0.1) is 19.3 Å². The van der Waals surface area contributed by atoms with E-state index in [1.165, 1.54) is 0 Å². The van der Waals surface area contributed by atoms with Gasteiger partial charge in [-0.15, -0.1) is 24.0 Å². The van der Waals surface area contributed by atoms with Crippen LogP contribution < -0.4 is 10.6 Å². The Hall–Kier alpha value is -0.610. The first-order valence-corrected chi connectivity index (χ1v) is 10.6. The molecule has 28 heavy (non-hydrogen) atoms. The highest BCUT2D eigenvalue weighted by atomic mass is 127. The van der Waals surface area contributed by atoms with Gasteiger partial charge in [0.1, 0.15) is 0 Å². The standard InChI is InChI=1S/C20H37N5O2.HI/c1-4-21-19(22-11-17-13-24(8-9-27-17)12-16(2)3)25-7-5-6-20(15-25)10-18(26)23-14-20;/h16-17H,4-15H2,1-3H3,(H,21,22)(H,23,26);1H. The van der Waals surface area contributed by atoms with Gasteiger partial charge in [-0.2, -0.15) is 0 Å². The molecule has 0 bridgehead atoms. The highest BCUT2D eigenvalue weighted by Crippen LogP contribution is 2.36. The topological polar surface area (TPSA) is 69.2 Å². The lowest BCUT2D eigenvalue weighted by molar-refractivity contribution is -0.119. The third kappa shape index (κ3) is 6.45. The van der Waals surface area contributed by atoms with E-state index in [4.69, 9.17) is 9.73 Å². The third-order valence-electron chi connectivity index (χ3n) is 5.78. The third-order valence-corrected chi connectivity index (χ3v) is 5.78. The van der Waals surface area contributed by atoms with Gasteiger partial charge in [0.15, 0.2) is 5.96 Å². The number of likely N-dealkylation sites (tertiary alicyclic amines) is 1. The number of carbonyl (C=O) groups is 1. The van der Waals surface area contributed by atoms with Gasteiger partial charge >= 0.3 is 0 Å². The molecule has 3 aliphatic rings. The maximum Gasteiger partial charge on any atom is 0.220 e. The molecule has 3 aliphatic heterocycles. The minimum absolute atomic E-state index is 0. The van der Waals surface area contributed by atoms with Crippen LogP contribution in [-0.4, -0.2) is 86.7 Å². The number of nitrogens with one attached hydrogen (secondary N) is 2. The largest absolute Gasteiger partial charge is 0.374 e. The first-order valence-electron chi connectivity index (χ1n) is 10.6. The first kappa shape index (κ1) is 23.7. The van der Waals surface area contributed by atoms with Crippen LogP contribution in [0.1, 0.15) is 40.0 Å². The molecule has 1 spiro atoms. The molecule has 7 nitrogen and oxygen atoms in total. The SMILES string of the molecule is CCNC(=NCC1CN(CC(C)C)CCO1)N1CCCC2(CNC(=O)C2)C1.I. The second-order valence-corrected chi connectivity index (χ2v) is 8.82. The fraction of sp³-hybridized carbons (Fsp3) is 0.900. The summed E-state index contributed by atoms with van der Waals surface area (Å²) in [5.41, 5.74) is 0.0843. The Labute approximate surface area is 187 Å². The van der Waals surface area contributed by atoms with Gasteiger partial charge in [-0.05, 0) is 25.7 Å². The minimum Gasteiger partial charge on any atom is -0.374 e. The Balaban J connectivity index is 0.00000280. The number of guanidine groups is 1. The molecule has 0 radical (unpaired) electrons. The molecule has 3 heterocycles. The summed E-state index contributed by atoms with van der Waals surface area (Å²) in [6, 6.07) is 0. The van der Waals surface area contributed by atoms with Crippen molar-refractivity contribution in [1.82, 2.24) is 20.4 Å². The second-order valence-electron chi connectivity index (χ2n) is 8.82. The zero-order valence-electron chi connectivity index (χ0n) is 17.7. The van der Waals surface area contributed by atoms with Gasteiger partial charge in [-0.3, -0.25) is 14.7 Å². The van der Waals surface area contributed by atoms with Crippen molar-refractivity contribution in [3.63, 3.8) is 0 Å². The quantitative estimate of drug-likeness (QED) is 0.336. The van der Waals surface area contributed by atoms with Crippen LogP contribution in [0, 0.1) is 11.3 Å². The molecule has 3 rings (SSSR count). The van der Waals surface area contributed by atoms with E-state index in [0.717, 1.165) is 71.2 Å². The Morgan fingerprint density at radius 3 is 2.93 bits per heavy atom. The van der Waals surface area contributed by atoms with Crippen molar-refractivity contribution < 1.29 is 9.53 Å². The molecule has 1 amide bonds. The molecule has 8 heteroatoms. The fourth-order valence-corrected chi connectivity index (χ4v) is 4.62. The molecule has 0 saturated carbocycles. The summed E-state index contributed by atoms with van der Waals surface area (Å²) in [4.78, 5) is 21.5. The summed E-state index contributed by atoms with van der Waals surface area (Å²) in [6.07, 6.45) is 3.05. The average molecular weight is 507 g/mol. The van der Waals surface area contributed by atoms with E-state index < -0.39 is 0 Å². The van der Waals surface area contributed by atoms with E-state index >= 15 is 0 Å². The number of hydrogen-bond acceptors (Lipinski definition) is 4. The molecule has 0 aromatic heterocycles. The van der Waals surface area contributed by atoms with Crippen molar-refractivity contribution in [1.29, 1.82) is 0 Å². The van der Waals surface area contributed by atoms with E-state index in [2.05, 4.69) is 41.2 Å². The number of ether oxygens (including phenoxy) is 1. The van der Waals surface area contributed by atoms with Crippen LogP contribution in [0.5, 0.6) is 0 Å². The average Bonchev–Trinajstić information content (AvgIpc) is 2.98. The van der Waals surface area contributed by atoms with Crippen LogP contribution in [0.15, 0.2) is 4.99 Å². The van der Waals surface area contributed by atoms with E-state index in [1.807, 2.05) is 0 Å². The maximum atomic E-state index is 11.8. The maximum absolute atomic E-state index is 11.8. The van der Waals surface area contributed by atoms with Crippen LogP contribution in [0.25, 0.3) is 0 Å². The van der Waals surface area contributed by atoms with Crippen molar-refractivity contribution in [2.75, 3.05) is 59.0 Å². The van der Waals surface area contributed by atoms with Crippen LogP contribution >= 0.6 is 24.0 Å². The van der Waals surface area contributed by atoms with Crippen molar-refractivity contribution in [2.24, 2.45) is 16.3 Å². The first-order chi connectivity index (χ1) is 13.0. The highest BCUT2D eigenvalue weighted by molar-refractivity contribution is 14.0. The van der Waals surface area contributed by atoms with Gasteiger partial charge in [-0.1, -0.05) is 13.8 Å². The van der Waals surface area contributed by atoms with Gasteiger partial charge in [0.2, 0.25) is 5.91 Å². The number of morpholine rings is 1. The number of aliphatic imine (C=N–C) groups is 1. The predicted molar refractivity (Wildman–Crippen MR) is 123 cm³/mol. The Morgan fingerprint density at radius 2 is 2.25 bits per heavy atom. The number of amides is 1. The summed E-state index contributed by atoms with van der Waals surface area (Å²) < 4.78 is 5.96. The normalized spacial score (nSPS) is 29.1. The van der Waals surface area contributed by atoms with E-state index in [0.29, 0.717) is 18.9 Å². The van der Waals surface area contributed by atoms with Crippen LogP contribution in [-0.2, 0) is 9.53 Å². The van der Waals surface area contributed by atoms with Crippen LogP contribution in [0.2, 0.25) is 0 Å². The molecule has 2 unspecified atom stereocenters. The van der Waals surface area contributed by atoms with E-state index in [9.17, 15) is 4.79 Å². The molecule has 2 N–H and O–H groups in total. The predicted octanol–water partition coefficient (Wildman–Crippen LogP) is 1.53. The summed E-state index contributed by atoms with van der Waals surface area (Å²) in [5.74, 6) is 1.84. The molecule has 0 aliphatic carbocycles. The monoisotopic (exact) mass is 507 g/mol. The molecule has 162 valence electrons. The smallest absolute Gasteiger partial charge is 0.220 e. The van der Waals surface area contributed by atoms with Gasteiger partial charge in [0, 0.05) is 57.6 Å². The number of carbonyl (C=O) groups excluding carboxylic acids is 1. The number of rotatable bonds is 5. The van der Waals surface area contributed by atoms with Crippen molar-refractivity contribution in [3.8, 4) is 0 Å². The van der Waals surface area contributed by atoms with Crippen molar-refractivity contribution >= 4 is 35.8 Å². The summed E-state index contributed by atoms with van der Waals surface area (Å²) in [5, 5.41) is 6.48. The lowest BCUT2D eigenvalue weighted by atomic mass is 9.79. The molecule has 0 aromatic rings. The van der Waals surface area contributed by atoms with Crippen LogP contribution in [0.3, 0.4) is 0 Å². The number of nitrogens with zero attached hydrogens (tertiary/aromatic N) is 3. The number of piperidine rings is 1. The minimum atomic E-state index is 0. The Morgan fingerprint density at radius 1 is 1.43 bits per heavy atom. The van der Waals surface area contributed by atoms with Gasteiger partial charge in [-0.25, -0.2) is 0 Å². The second kappa shape index (κ2) is 11.0. The lowest BCUT2D eigenvalue weighted by Crippen LogP contribution is -2.52. The molecular formula is C20H38IN5O2. The summed E-state index contributed by atoms with van der Waals surface area (Å²) in [6.45, 7) is 14.8. The molecule has 2 atom stereocenters. The zero-order valence-corrected chi connectivity index (χ0v) is 20.0. The van der Waals surface area contributed by atoms with Crippen molar-refractivity contribution in [2.45, 2.75) is 46.1 Å². The Kier molecular flexibility index (Phi) is 9.27. The van der Waals surface area contributed by atoms with Gasteiger partial charge < -0.3 is 20.3 Å². The fourth-order valence-electron chi connectivity index (χ4n) is 4.62. The summed E-state index contributed by atoms with van der Waals surface area (Å²) in [7, 11) is 0. The highest BCUT2D eigenvalue weighted by Gasteiger charge is 2.42. The molecule has 0 aromatic carbocycles. The number of hydrogen-bond donors (Lipinski definition) is 2.